The molecule has 2 aliphatic carbocycles. The fourth-order valence-electron chi connectivity index (χ4n) is 4.53. The predicted octanol–water partition coefficient (Wildman–Crippen LogP) is 2.33. The van der Waals surface area contributed by atoms with Crippen LogP contribution in [0.3, 0.4) is 0 Å². The molecule has 18 heavy (non-hydrogen) atoms. The van der Waals surface area contributed by atoms with Crippen LogP contribution in [-0.2, 0) is 4.79 Å². The second kappa shape index (κ2) is 4.52. The van der Waals surface area contributed by atoms with E-state index in [1.54, 1.807) is 0 Å². The Kier molecular flexibility index (Phi) is 3.13. The van der Waals surface area contributed by atoms with Crippen LogP contribution in [0.1, 0.15) is 58.3 Å². The van der Waals surface area contributed by atoms with Gasteiger partial charge in [-0.3, -0.25) is 4.79 Å². The van der Waals surface area contributed by atoms with Crippen LogP contribution in [0.15, 0.2) is 0 Å². The van der Waals surface area contributed by atoms with Crippen LogP contribution in [-0.4, -0.2) is 34.6 Å². The summed E-state index contributed by atoms with van der Waals surface area (Å²) in [6.45, 7) is 2.96. The highest BCUT2D eigenvalue weighted by molar-refractivity contribution is 5.80. The maximum Gasteiger partial charge on any atom is 0.225 e. The molecule has 1 spiro atoms. The normalized spacial score (nSPS) is 39.8. The van der Waals surface area contributed by atoms with Gasteiger partial charge in [0.05, 0.1) is 6.10 Å². The van der Waals surface area contributed by atoms with Crippen molar-refractivity contribution in [3.8, 4) is 0 Å². The smallest absolute Gasteiger partial charge is 0.225 e. The molecule has 3 heteroatoms. The first-order valence-electron chi connectivity index (χ1n) is 7.61. The van der Waals surface area contributed by atoms with Crippen LogP contribution in [0.25, 0.3) is 0 Å². The zero-order chi connectivity index (χ0) is 12.8. The van der Waals surface area contributed by atoms with E-state index in [-0.39, 0.29) is 12.0 Å². The molecule has 3 rings (SSSR count). The van der Waals surface area contributed by atoms with Gasteiger partial charge in [0.15, 0.2) is 0 Å². The van der Waals surface area contributed by atoms with Crippen molar-refractivity contribution in [2.75, 3.05) is 6.54 Å². The number of hydrogen-bond acceptors (Lipinski definition) is 2. The van der Waals surface area contributed by atoms with E-state index in [9.17, 15) is 9.90 Å². The quantitative estimate of drug-likeness (QED) is 0.777. The topological polar surface area (TPSA) is 40.5 Å². The number of carbonyl (C=O) groups excluding carboxylic acids is 1. The van der Waals surface area contributed by atoms with E-state index in [2.05, 4.69) is 4.90 Å². The van der Waals surface area contributed by atoms with Gasteiger partial charge in [0, 0.05) is 18.5 Å². The molecule has 1 heterocycles. The van der Waals surface area contributed by atoms with Gasteiger partial charge in [-0.2, -0.15) is 0 Å². The van der Waals surface area contributed by atoms with Gasteiger partial charge in [-0.15, -0.1) is 0 Å². The summed E-state index contributed by atoms with van der Waals surface area (Å²) in [7, 11) is 0. The maximum absolute atomic E-state index is 12.3. The first-order chi connectivity index (χ1) is 8.62. The lowest BCUT2D eigenvalue weighted by molar-refractivity contribution is -0.138. The highest BCUT2D eigenvalue weighted by Gasteiger charge is 2.49. The van der Waals surface area contributed by atoms with E-state index >= 15 is 0 Å². The SMILES string of the molecule is CC1CCN(C2CC(O)CCC23CCCC3)C1=O. The number of aliphatic hydroxyl groups excluding tert-OH is 1. The molecule has 1 saturated heterocycles. The molecule has 1 N–H and O–H groups in total. The highest BCUT2D eigenvalue weighted by atomic mass is 16.3. The molecule has 3 unspecified atom stereocenters. The van der Waals surface area contributed by atoms with Crippen LogP contribution < -0.4 is 0 Å². The van der Waals surface area contributed by atoms with Crippen LogP contribution in [0, 0.1) is 11.3 Å². The van der Waals surface area contributed by atoms with Gasteiger partial charge in [0.1, 0.15) is 0 Å². The largest absolute Gasteiger partial charge is 0.393 e. The van der Waals surface area contributed by atoms with Gasteiger partial charge in [-0.05, 0) is 43.9 Å². The van der Waals surface area contributed by atoms with Gasteiger partial charge in [0.25, 0.3) is 0 Å². The van der Waals surface area contributed by atoms with E-state index in [4.69, 9.17) is 0 Å². The fraction of sp³-hybridized carbons (Fsp3) is 0.933. The number of carbonyl (C=O) groups is 1. The van der Waals surface area contributed by atoms with E-state index in [1.807, 2.05) is 6.92 Å². The average molecular weight is 251 g/mol. The Hall–Kier alpha value is -0.570. The van der Waals surface area contributed by atoms with Crippen LogP contribution in [0.4, 0.5) is 0 Å². The first-order valence-corrected chi connectivity index (χ1v) is 7.61. The summed E-state index contributed by atoms with van der Waals surface area (Å²) in [4.78, 5) is 14.4. The van der Waals surface area contributed by atoms with Gasteiger partial charge in [0.2, 0.25) is 5.91 Å². The minimum Gasteiger partial charge on any atom is -0.393 e. The molecule has 1 aliphatic heterocycles. The molecule has 3 atom stereocenters. The van der Waals surface area contributed by atoms with Crippen molar-refractivity contribution in [3.63, 3.8) is 0 Å². The molecule has 2 saturated carbocycles. The summed E-state index contributed by atoms with van der Waals surface area (Å²) in [6.07, 6.45) is 8.84. The first kappa shape index (κ1) is 12.5. The molecular formula is C15H25NO2. The van der Waals surface area contributed by atoms with Crippen molar-refractivity contribution in [1.82, 2.24) is 4.90 Å². The number of amides is 1. The number of aliphatic hydroxyl groups is 1. The van der Waals surface area contributed by atoms with Crippen molar-refractivity contribution in [1.29, 1.82) is 0 Å². The van der Waals surface area contributed by atoms with Gasteiger partial charge in [-0.1, -0.05) is 19.8 Å². The Bertz CT molecular complexity index is 335. The predicted molar refractivity (Wildman–Crippen MR) is 70.0 cm³/mol. The van der Waals surface area contributed by atoms with Gasteiger partial charge >= 0.3 is 0 Å². The maximum atomic E-state index is 12.3. The number of hydrogen-bond donors (Lipinski definition) is 1. The lowest BCUT2D eigenvalue weighted by Gasteiger charge is -2.47. The Morgan fingerprint density at radius 2 is 1.94 bits per heavy atom. The van der Waals surface area contributed by atoms with Crippen molar-refractivity contribution in [2.24, 2.45) is 11.3 Å². The Balaban J connectivity index is 1.84. The van der Waals surface area contributed by atoms with Crippen molar-refractivity contribution in [3.05, 3.63) is 0 Å². The number of nitrogens with zero attached hydrogens (tertiary/aromatic N) is 1. The summed E-state index contributed by atoms with van der Waals surface area (Å²) in [5, 5.41) is 10.00. The molecule has 0 aromatic rings. The Morgan fingerprint density at radius 3 is 2.56 bits per heavy atom. The summed E-state index contributed by atoms with van der Waals surface area (Å²) < 4.78 is 0. The summed E-state index contributed by atoms with van der Waals surface area (Å²) >= 11 is 0. The van der Waals surface area contributed by atoms with Gasteiger partial charge in [-0.25, -0.2) is 0 Å². The molecule has 0 bridgehead atoms. The summed E-state index contributed by atoms with van der Waals surface area (Å²) in [5.74, 6) is 0.530. The molecule has 0 aromatic carbocycles. The minimum atomic E-state index is -0.190. The second-order valence-corrected chi connectivity index (χ2v) is 6.73. The van der Waals surface area contributed by atoms with E-state index in [1.165, 1.54) is 25.7 Å². The number of likely N-dealkylation sites (tertiary alicyclic amines) is 1. The summed E-state index contributed by atoms with van der Waals surface area (Å²) in [5.41, 5.74) is 0.346. The number of rotatable bonds is 1. The Labute approximate surface area is 110 Å². The van der Waals surface area contributed by atoms with Crippen LogP contribution in [0.2, 0.25) is 0 Å². The standard InChI is InChI=1S/C15H25NO2/c1-11-5-9-16(14(11)18)13-10-12(17)4-8-15(13)6-2-3-7-15/h11-13,17H,2-10H2,1H3. The van der Waals surface area contributed by atoms with Crippen molar-refractivity contribution in [2.45, 2.75) is 70.4 Å². The molecule has 1 amide bonds. The van der Waals surface area contributed by atoms with E-state index in [0.717, 1.165) is 32.2 Å². The van der Waals surface area contributed by atoms with E-state index in [0.29, 0.717) is 17.4 Å². The Morgan fingerprint density at radius 1 is 1.22 bits per heavy atom. The second-order valence-electron chi connectivity index (χ2n) is 6.73. The van der Waals surface area contributed by atoms with Crippen LogP contribution >= 0.6 is 0 Å². The van der Waals surface area contributed by atoms with E-state index < -0.39 is 0 Å². The molecule has 3 nitrogen and oxygen atoms in total. The third-order valence-corrected chi connectivity index (χ3v) is 5.66. The zero-order valence-electron chi connectivity index (χ0n) is 11.4. The van der Waals surface area contributed by atoms with Gasteiger partial charge < -0.3 is 10.0 Å². The van der Waals surface area contributed by atoms with Crippen molar-refractivity contribution >= 4 is 5.91 Å². The molecule has 0 aromatic heterocycles. The highest BCUT2D eigenvalue weighted by Crippen LogP contribution is 2.51. The average Bonchev–Trinajstić information content (AvgIpc) is 2.94. The fourth-order valence-corrected chi connectivity index (χ4v) is 4.53. The minimum absolute atomic E-state index is 0.190. The molecule has 0 radical (unpaired) electrons. The van der Waals surface area contributed by atoms with Crippen molar-refractivity contribution < 1.29 is 9.90 Å². The monoisotopic (exact) mass is 251 g/mol. The third-order valence-electron chi connectivity index (χ3n) is 5.66. The molecule has 102 valence electrons. The zero-order valence-corrected chi connectivity index (χ0v) is 11.4. The third kappa shape index (κ3) is 1.87. The lowest BCUT2D eigenvalue weighted by Crippen LogP contribution is -2.52. The lowest BCUT2D eigenvalue weighted by atomic mass is 9.67. The molecule has 3 aliphatic rings. The molecule has 3 fully saturated rings. The van der Waals surface area contributed by atoms with Crippen LogP contribution in [0.5, 0.6) is 0 Å². The summed E-state index contributed by atoms with van der Waals surface area (Å²) in [6, 6.07) is 0.321. The molecular weight excluding hydrogens is 226 g/mol.